The van der Waals surface area contributed by atoms with Crippen molar-refractivity contribution in [2.75, 3.05) is 37.5 Å². The van der Waals surface area contributed by atoms with Crippen molar-refractivity contribution in [1.29, 1.82) is 5.26 Å². The van der Waals surface area contributed by atoms with Crippen LogP contribution in [-0.2, 0) is 0 Å². The van der Waals surface area contributed by atoms with Crippen LogP contribution < -0.4 is 19.7 Å². The van der Waals surface area contributed by atoms with Crippen molar-refractivity contribution in [3.05, 3.63) is 42.2 Å². The molecule has 1 aromatic heterocycles. The molecular formula is C19H22N4O2. The largest absolute Gasteiger partial charge is 0.497 e. The number of anilines is 2. The Bertz CT molecular complexity index is 733. The van der Waals surface area contributed by atoms with Gasteiger partial charge in [0.2, 0.25) is 0 Å². The van der Waals surface area contributed by atoms with E-state index in [1.54, 1.807) is 26.5 Å². The summed E-state index contributed by atoms with van der Waals surface area (Å²) in [5.41, 5.74) is 2.48. The third-order valence-electron chi connectivity index (χ3n) is 4.37. The number of methoxy groups -OCH3 is 2. The first-order valence-electron chi connectivity index (χ1n) is 8.32. The van der Waals surface area contributed by atoms with Gasteiger partial charge >= 0.3 is 0 Å². The monoisotopic (exact) mass is 338 g/mol. The summed E-state index contributed by atoms with van der Waals surface area (Å²) in [6.45, 7) is 1.88. The predicted molar refractivity (Wildman–Crippen MR) is 97.4 cm³/mol. The average Bonchev–Trinajstić information content (AvgIpc) is 2.68. The Kier molecular flexibility index (Phi) is 5.24. The van der Waals surface area contributed by atoms with Crippen LogP contribution in [0.4, 0.5) is 11.4 Å². The van der Waals surface area contributed by atoms with Gasteiger partial charge in [0.1, 0.15) is 23.3 Å². The van der Waals surface area contributed by atoms with Crippen molar-refractivity contribution in [1.82, 2.24) is 4.98 Å². The number of hydrogen-bond donors (Lipinski definition) is 1. The first-order valence-corrected chi connectivity index (χ1v) is 8.32. The van der Waals surface area contributed by atoms with E-state index in [9.17, 15) is 0 Å². The van der Waals surface area contributed by atoms with Gasteiger partial charge < -0.3 is 19.7 Å². The van der Waals surface area contributed by atoms with Crippen molar-refractivity contribution >= 4 is 11.4 Å². The van der Waals surface area contributed by atoms with Gasteiger partial charge in [-0.1, -0.05) is 0 Å². The van der Waals surface area contributed by atoms with Crippen LogP contribution in [0.3, 0.4) is 0 Å². The van der Waals surface area contributed by atoms with Crippen LogP contribution in [-0.4, -0.2) is 38.3 Å². The average molecular weight is 338 g/mol. The Labute approximate surface area is 148 Å². The van der Waals surface area contributed by atoms with Gasteiger partial charge in [-0.3, -0.25) is 0 Å². The third-order valence-corrected chi connectivity index (χ3v) is 4.37. The molecule has 0 saturated carbocycles. The number of nitrogens with zero attached hydrogens (tertiary/aromatic N) is 3. The minimum atomic E-state index is 0.321. The zero-order chi connectivity index (χ0) is 17.6. The van der Waals surface area contributed by atoms with Gasteiger partial charge in [-0.2, -0.15) is 5.26 Å². The zero-order valence-corrected chi connectivity index (χ0v) is 14.5. The second kappa shape index (κ2) is 7.75. The molecule has 0 unspecified atom stereocenters. The summed E-state index contributed by atoms with van der Waals surface area (Å²) >= 11 is 0. The lowest BCUT2D eigenvalue weighted by atomic mass is 10.0. The summed E-state index contributed by atoms with van der Waals surface area (Å²) in [7, 11) is 3.30. The maximum atomic E-state index is 8.87. The summed E-state index contributed by atoms with van der Waals surface area (Å²) in [4.78, 5) is 6.47. The lowest BCUT2D eigenvalue weighted by Crippen LogP contribution is -2.42. The van der Waals surface area contributed by atoms with E-state index in [1.807, 2.05) is 24.3 Å². The van der Waals surface area contributed by atoms with E-state index in [0.717, 1.165) is 48.8 Å². The quantitative estimate of drug-likeness (QED) is 0.903. The van der Waals surface area contributed by atoms with Crippen molar-refractivity contribution in [2.24, 2.45) is 0 Å². The highest BCUT2D eigenvalue weighted by Gasteiger charge is 2.20. The second-order valence-electron chi connectivity index (χ2n) is 6.04. The summed E-state index contributed by atoms with van der Waals surface area (Å²) in [5.74, 6) is 1.54. The molecule has 1 aromatic carbocycles. The lowest BCUT2D eigenvalue weighted by Gasteiger charge is -2.35. The molecule has 1 aliphatic heterocycles. The second-order valence-corrected chi connectivity index (χ2v) is 6.04. The summed E-state index contributed by atoms with van der Waals surface area (Å²) in [6, 6.07) is 11.9. The van der Waals surface area contributed by atoms with Crippen molar-refractivity contribution in [3.8, 4) is 17.6 Å². The molecule has 3 rings (SSSR count). The molecule has 1 fully saturated rings. The number of rotatable bonds is 5. The maximum Gasteiger partial charge on any atom is 0.140 e. The number of nitrogens with one attached hydrogen (secondary N) is 1. The van der Waals surface area contributed by atoms with Gasteiger partial charge in [0.25, 0.3) is 0 Å². The maximum absolute atomic E-state index is 8.87. The van der Waals surface area contributed by atoms with Crippen LogP contribution in [0.5, 0.6) is 11.5 Å². The number of ether oxygens (including phenoxy) is 2. The number of piperidine rings is 1. The topological polar surface area (TPSA) is 70.4 Å². The van der Waals surface area contributed by atoms with E-state index in [2.05, 4.69) is 21.3 Å². The smallest absolute Gasteiger partial charge is 0.140 e. The number of nitriles is 1. The van der Waals surface area contributed by atoms with Crippen molar-refractivity contribution in [3.63, 3.8) is 0 Å². The highest BCUT2D eigenvalue weighted by molar-refractivity contribution is 5.55. The fourth-order valence-electron chi connectivity index (χ4n) is 3.10. The molecule has 2 heterocycles. The van der Waals surface area contributed by atoms with Crippen molar-refractivity contribution in [2.45, 2.75) is 18.9 Å². The minimum Gasteiger partial charge on any atom is -0.497 e. The van der Waals surface area contributed by atoms with Gasteiger partial charge in [-0.15, -0.1) is 0 Å². The fraction of sp³-hybridized carbons (Fsp3) is 0.368. The van der Waals surface area contributed by atoms with Crippen LogP contribution in [0.25, 0.3) is 0 Å². The molecule has 0 bridgehead atoms. The van der Waals surface area contributed by atoms with E-state index in [-0.39, 0.29) is 0 Å². The molecule has 0 amide bonds. The molecule has 0 radical (unpaired) electrons. The first-order chi connectivity index (χ1) is 12.2. The van der Waals surface area contributed by atoms with Gasteiger partial charge in [0, 0.05) is 43.0 Å². The summed E-state index contributed by atoms with van der Waals surface area (Å²) in [5, 5.41) is 12.5. The number of hydrogen-bond acceptors (Lipinski definition) is 6. The molecule has 130 valence electrons. The molecule has 2 aromatic rings. The molecule has 25 heavy (non-hydrogen) atoms. The van der Waals surface area contributed by atoms with E-state index < -0.39 is 0 Å². The molecule has 1 aliphatic rings. The molecular weight excluding hydrogens is 316 g/mol. The Balaban J connectivity index is 1.70. The number of aromatic nitrogens is 1. The minimum absolute atomic E-state index is 0.321. The fourth-order valence-corrected chi connectivity index (χ4v) is 3.10. The Morgan fingerprint density at radius 1 is 1.20 bits per heavy atom. The highest BCUT2D eigenvalue weighted by atomic mass is 16.5. The first kappa shape index (κ1) is 16.9. The molecule has 0 aliphatic carbocycles. The van der Waals surface area contributed by atoms with Gasteiger partial charge in [0.15, 0.2) is 0 Å². The summed E-state index contributed by atoms with van der Waals surface area (Å²) in [6.07, 6.45) is 3.97. The standard InChI is InChI=1S/C19H22N4O2/c1-24-18-8-16(9-19(10-18)25-2)22-15-4-3-7-23(13-15)17-6-5-14(11-20)21-12-17/h5-6,8-10,12,15,22H,3-4,7,13H2,1-2H3/t15-/m0/s1. The third kappa shape index (κ3) is 4.13. The normalized spacial score (nSPS) is 16.8. The van der Waals surface area contributed by atoms with Gasteiger partial charge in [-0.25, -0.2) is 4.98 Å². The SMILES string of the molecule is COc1cc(N[C@H]2CCCN(c3ccc(C#N)nc3)C2)cc(OC)c1. The van der Waals surface area contributed by atoms with Gasteiger partial charge in [-0.05, 0) is 25.0 Å². The zero-order valence-electron chi connectivity index (χ0n) is 14.5. The Hall–Kier alpha value is -2.94. The molecule has 1 N–H and O–H groups in total. The van der Waals surface area contributed by atoms with Crippen LogP contribution in [0.2, 0.25) is 0 Å². The molecule has 6 heteroatoms. The Morgan fingerprint density at radius 2 is 1.96 bits per heavy atom. The number of benzene rings is 1. The van der Waals surface area contributed by atoms with Crippen LogP contribution >= 0.6 is 0 Å². The van der Waals surface area contributed by atoms with E-state index in [0.29, 0.717) is 11.7 Å². The lowest BCUT2D eigenvalue weighted by molar-refractivity contribution is 0.394. The van der Waals surface area contributed by atoms with E-state index in [4.69, 9.17) is 14.7 Å². The summed E-state index contributed by atoms with van der Waals surface area (Å²) < 4.78 is 10.7. The van der Waals surface area contributed by atoms with Crippen LogP contribution in [0, 0.1) is 11.3 Å². The van der Waals surface area contributed by atoms with Crippen LogP contribution in [0.1, 0.15) is 18.5 Å². The Morgan fingerprint density at radius 3 is 2.56 bits per heavy atom. The molecule has 1 atom stereocenters. The van der Waals surface area contributed by atoms with Crippen molar-refractivity contribution < 1.29 is 9.47 Å². The van der Waals surface area contributed by atoms with Crippen LogP contribution in [0.15, 0.2) is 36.5 Å². The predicted octanol–water partition coefficient (Wildman–Crippen LogP) is 3.05. The van der Waals surface area contributed by atoms with E-state index >= 15 is 0 Å². The van der Waals surface area contributed by atoms with E-state index in [1.165, 1.54) is 0 Å². The molecule has 6 nitrogen and oxygen atoms in total. The number of pyridine rings is 1. The highest BCUT2D eigenvalue weighted by Crippen LogP contribution is 2.28. The molecule has 0 spiro atoms. The van der Waals surface area contributed by atoms with Gasteiger partial charge in [0.05, 0.1) is 26.1 Å². The molecule has 1 saturated heterocycles.